The summed E-state index contributed by atoms with van der Waals surface area (Å²) in [4.78, 5) is 25.6. The lowest BCUT2D eigenvalue weighted by Crippen LogP contribution is -2.68. The zero-order valence-electron chi connectivity index (χ0n) is 32.8. The van der Waals surface area contributed by atoms with E-state index in [0.29, 0.717) is 35.2 Å². The van der Waals surface area contributed by atoms with E-state index in [1.54, 1.807) is 16.8 Å². The molecule has 1 amide bonds. The number of carbonyl (C=O) groups excluding carboxylic acids is 1. The SMILES string of the molecule is C=C(C)[C@@H]1CC[C@]2(NC(=O)Cn3cc(-c4ccccc4)cn3)CC[C@]3(C)[C@H](CCC4[C@@]5(C)CC=C(c6ccc(C(=O)O)cc6)C(C)(C)C5CC[C@]43C)C12. The highest BCUT2D eigenvalue weighted by Gasteiger charge is 2.70. The van der Waals surface area contributed by atoms with Crippen molar-refractivity contribution in [3.05, 3.63) is 96.3 Å². The topological polar surface area (TPSA) is 84.2 Å². The first-order valence-corrected chi connectivity index (χ1v) is 20.2. The average molecular weight is 714 g/mol. The van der Waals surface area contributed by atoms with Gasteiger partial charge in [0.1, 0.15) is 6.54 Å². The van der Waals surface area contributed by atoms with Crippen molar-refractivity contribution in [2.24, 2.45) is 51.2 Å². The maximum atomic E-state index is 14.0. The maximum Gasteiger partial charge on any atom is 0.335 e. The summed E-state index contributed by atoms with van der Waals surface area (Å²) < 4.78 is 1.80. The Labute approximate surface area is 316 Å². The molecule has 1 heterocycles. The molecule has 3 unspecified atom stereocenters. The standard InChI is InChI=1S/C47H59N3O3/c1-30(2)35-19-24-47(49-40(51)29-50-28-34(27-48-50)31-11-9-8-10-12-31)26-25-45(6)37(41(35)47)17-18-39-44(5)22-20-36(32-13-15-33(16-14-32)42(52)53)43(3,4)38(44)21-23-46(39,45)7/h8-16,20,27-28,35,37-39,41H,1,17-19,21-26,29H2,2-7H3,(H,49,51)(H,52,53)/t35-,37+,38?,39?,41?,44-,45+,46+,47-/m0/s1. The third-order valence-corrected chi connectivity index (χ3v) is 16.5. The number of carboxylic acids is 1. The van der Waals surface area contributed by atoms with Gasteiger partial charge in [-0.25, -0.2) is 4.79 Å². The molecule has 0 spiro atoms. The van der Waals surface area contributed by atoms with Gasteiger partial charge in [-0.05, 0) is 145 Å². The minimum atomic E-state index is -0.877. The van der Waals surface area contributed by atoms with E-state index in [1.807, 2.05) is 42.7 Å². The summed E-state index contributed by atoms with van der Waals surface area (Å²) in [5, 5.41) is 17.8. The Hall–Kier alpha value is -3.93. The molecule has 4 fully saturated rings. The molecule has 280 valence electrons. The van der Waals surface area contributed by atoms with Gasteiger partial charge in [-0.3, -0.25) is 9.48 Å². The third kappa shape index (κ3) is 5.43. The van der Waals surface area contributed by atoms with Crippen LogP contribution in [0.4, 0.5) is 0 Å². The number of rotatable bonds is 7. The molecule has 2 N–H and O–H groups in total. The number of hydrogen-bond donors (Lipinski definition) is 2. The Morgan fingerprint density at radius 1 is 0.849 bits per heavy atom. The summed E-state index contributed by atoms with van der Waals surface area (Å²) in [6.07, 6.45) is 16.6. The number of aromatic carboxylic acids is 1. The number of aromatic nitrogens is 2. The van der Waals surface area contributed by atoms with Crippen molar-refractivity contribution >= 4 is 17.4 Å². The third-order valence-electron chi connectivity index (χ3n) is 16.5. The van der Waals surface area contributed by atoms with Crippen LogP contribution in [0.2, 0.25) is 0 Å². The molecule has 0 saturated heterocycles. The molecular formula is C47H59N3O3. The lowest BCUT2D eigenvalue weighted by molar-refractivity contribution is -0.219. The fraction of sp³-hybridized carbons (Fsp3) is 0.553. The highest BCUT2D eigenvalue weighted by Crippen LogP contribution is 2.76. The number of nitrogens with zero attached hydrogens (tertiary/aromatic N) is 2. The zero-order chi connectivity index (χ0) is 37.6. The van der Waals surface area contributed by atoms with Crippen LogP contribution in [-0.4, -0.2) is 32.3 Å². The van der Waals surface area contributed by atoms with Gasteiger partial charge in [-0.1, -0.05) is 95.3 Å². The predicted molar refractivity (Wildman–Crippen MR) is 212 cm³/mol. The Morgan fingerprint density at radius 3 is 2.28 bits per heavy atom. The lowest BCUT2D eigenvalue weighted by Gasteiger charge is -2.72. The number of nitrogens with one attached hydrogen (secondary N) is 1. The second-order valence-corrected chi connectivity index (χ2v) is 19.1. The second kappa shape index (κ2) is 12.6. The van der Waals surface area contributed by atoms with Crippen molar-refractivity contribution in [1.29, 1.82) is 0 Å². The van der Waals surface area contributed by atoms with E-state index in [0.717, 1.165) is 48.8 Å². The van der Waals surface area contributed by atoms with Gasteiger partial charge in [0.05, 0.1) is 11.8 Å². The van der Waals surface area contributed by atoms with E-state index in [-0.39, 0.29) is 39.7 Å². The number of benzene rings is 2. The van der Waals surface area contributed by atoms with Gasteiger partial charge in [-0.2, -0.15) is 5.10 Å². The Bertz CT molecular complexity index is 1960. The van der Waals surface area contributed by atoms with Crippen LogP contribution in [0.1, 0.15) is 115 Å². The fourth-order valence-corrected chi connectivity index (χ4v) is 14.0. The summed E-state index contributed by atoms with van der Waals surface area (Å²) in [5.74, 6) is 1.71. The number of hydrogen-bond acceptors (Lipinski definition) is 3. The van der Waals surface area contributed by atoms with Crippen LogP contribution in [0, 0.1) is 51.2 Å². The highest BCUT2D eigenvalue weighted by atomic mass is 16.4. The fourth-order valence-electron chi connectivity index (χ4n) is 14.0. The first-order chi connectivity index (χ1) is 25.1. The quantitative estimate of drug-likeness (QED) is 0.239. The summed E-state index contributed by atoms with van der Waals surface area (Å²) in [6, 6.07) is 17.8. The van der Waals surface area contributed by atoms with Crippen LogP contribution in [0.15, 0.2) is 85.2 Å². The van der Waals surface area contributed by atoms with E-state index in [2.05, 4.69) is 76.7 Å². The molecule has 1 aromatic heterocycles. The van der Waals surface area contributed by atoms with Crippen molar-refractivity contribution in [3.8, 4) is 11.1 Å². The first-order valence-electron chi connectivity index (χ1n) is 20.2. The largest absolute Gasteiger partial charge is 0.478 e. The molecular weight excluding hydrogens is 655 g/mol. The van der Waals surface area contributed by atoms with Crippen LogP contribution in [0.25, 0.3) is 16.7 Å². The summed E-state index contributed by atoms with van der Waals surface area (Å²) in [7, 11) is 0. The van der Waals surface area contributed by atoms with E-state index in [9.17, 15) is 14.7 Å². The van der Waals surface area contributed by atoms with Crippen molar-refractivity contribution in [2.45, 2.75) is 111 Å². The van der Waals surface area contributed by atoms with Gasteiger partial charge in [-0.15, -0.1) is 0 Å². The molecule has 0 aliphatic heterocycles. The number of allylic oxidation sites excluding steroid dienone is 3. The van der Waals surface area contributed by atoms with Gasteiger partial charge in [0.2, 0.25) is 5.91 Å². The molecule has 2 aromatic carbocycles. The normalized spacial score (nSPS) is 36.9. The van der Waals surface area contributed by atoms with Crippen molar-refractivity contribution < 1.29 is 14.7 Å². The number of fused-ring (bicyclic) bond motifs is 7. The second-order valence-electron chi connectivity index (χ2n) is 19.1. The molecule has 9 atom stereocenters. The van der Waals surface area contributed by atoms with E-state index in [4.69, 9.17) is 0 Å². The van der Waals surface area contributed by atoms with Gasteiger partial charge in [0.15, 0.2) is 0 Å². The minimum absolute atomic E-state index is 0.0181. The first kappa shape index (κ1) is 36.1. The summed E-state index contributed by atoms with van der Waals surface area (Å²) >= 11 is 0. The number of carboxylic acid groups (broad SMARTS) is 1. The number of carbonyl (C=O) groups is 2. The maximum absolute atomic E-state index is 14.0. The van der Waals surface area contributed by atoms with Gasteiger partial charge < -0.3 is 10.4 Å². The van der Waals surface area contributed by atoms with Crippen molar-refractivity contribution in [2.75, 3.05) is 0 Å². The van der Waals surface area contributed by atoms with Crippen LogP contribution in [0.5, 0.6) is 0 Å². The minimum Gasteiger partial charge on any atom is -0.478 e. The average Bonchev–Trinajstić information content (AvgIpc) is 3.74. The Balaban J connectivity index is 1.06. The molecule has 53 heavy (non-hydrogen) atoms. The molecule has 0 bridgehead atoms. The highest BCUT2D eigenvalue weighted by molar-refractivity contribution is 5.88. The van der Waals surface area contributed by atoms with Gasteiger partial charge in [0.25, 0.3) is 0 Å². The summed E-state index contributed by atoms with van der Waals surface area (Å²) in [5.41, 5.74) is 6.63. The molecule has 3 aromatic rings. The smallest absolute Gasteiger partial charge is 0.335 e. The predicted octanol–water partition coefficient (Wildman–Crippen LogP) is 10.5. The van der Waals surface area contributed by atoms with E-state index >= 15 is 0 Å². The Morgan fingerprint density at radius 2 is 1.58 bits per heavy atom. The summed E-state index contributed by atoms with van der Waals surface area (Å²) in [6.45, 7) is 19.8. The monoisotopic (exact) mass is 713 g/mol. The molecule has 0 radical (unpaired) electrons. The van der Waals surface area contributed by atoms with E-state index in [1.165, 1.54) is 36.8 Å². The molecule has 5 aliphatic carbocycles. The van der Waals surface area contributed by atoms with Gasteiger partial charge >= 0.3 is 5.97 Å². The zero-order valence-corrected chi connectivity index (χ0v) is 32.8. The number of amides is 1. The van der Waals surface area contributed by atoms with Crippen molar-refractivity contribution in [3.63, 3.8) is 0 Å². The van der Waals surface area contributed by atoms with Gasteiger partial charge in [0, 0.05) is 17.3 Å². The van der Waals surface area contributed by atoms with Crippen LogP contribution in [0.3, 0.4) is 0 Å². The molecule has 8 rings (SSSR count). The molecule has 6 heteroatoms. The Kier molecular flexibility index (Phi) is 8.55. The molecule has 6 nitrogen and oxygen atoms in total. The van der Waals surface area contributed by atoms with Crippen LogP contribution < -0.4 is 5.32 Å². The molecule has 4 saturated carbocycles. The van der Waals surface area contributed by atoms with Crippen molar-refractivity contribution in [1.82, 2.24) is 15.1 Å². The van der Waals surface area contributed by atoms with Crippen LogP contribution >= 0.6 is 0 Å². The lowest BCUT2D eigenvalue weighted by atomic mass is 9.33. The molecule has 5 aliphatic rings. The van der Waals surface area contributed by atoms with E-state index < -0.39 is 5.97 Å². The van der Waals surface area contributed by atoms with Crippen LogP contribution in [-0.2, 0) is 11.3 Å².